The molecule has 3 rings (SSSR count). The molecule has 0 bridgehead atoms. The zero-order valence-electron chi connectivity index (χ0n) is 14.2. The molecule has 128 valence electrons. The minimum absolute atomic E-state index is 0.0649. The van der Waals surface area contributed by atoms with Crippen LogP contribution in [-0.2, 0) is 16.1 Å². The Balaban J connectivity index is 1.57. The number of amides is 1. The monoisotopic (exact) mass is 328 g/mol. The second-order valence-electron chi connectivity index (χ2n) is 6.31. The number of ether oxygens (including phenoxy) is 1. The molecule has 1 saturated heterocycles. The summed E-state index contributed by atoms with van der Waals surface area (Å²) in [5.74, 6) is -0.0649. The summed E-state index contributed by atoms with van der Waals surface area (Å²) in [6.07, 6.45) is 3.39. The Bertz CT molecular complexity index is 671. The van der Waals surface area contributed by atoms with E-state index in [-0.39, 0.29) is 11.9 Å². The molecule has 0 spiro atoms. The van der Waals surface area contributed by atoms with Gasteiger partial charge >= 0.3 is 0 Å². The molecule has 1 aliphatic heterocycles. The van der Waals surface area contributed by atoms with E-state index in [0.717, 1.165) is 18.7 Å². The summed E-state index contributed by atoms with van der Waals surface area (Å²) in [6.45, 7) is 4.78. The molecule has 1 N–H and O–H groups in total. The van der Waals surface area contributed by atoms with E-state index in [1.807, 2.05) is 49.2 Å². The van der Waals surface area contributed by atoms with Crippen LogP contribution in [0.4, 0.5) is 0 Å². The van der Waals surface area contributed by atoms with Gasteiger partial charge in [0, 0.05) is 24.8 Å². The Labute approximate surface area is 142 Å². The molecular formula is C18H24N4O2. The third-order valence-corrected chi connectivity index (χ3v) is 4.26. The van der Waals surface area contributed by atoms with Crippen LogP contribution in [-0.4, -0.2) is 53.4 Å². The topological polar surface area (TPSA) is 59.4 Å². The molecule has 6 nitrogen and oxygen atoms in total. The van der Waals surface area contributed by atoms with E-state index in [9.17, 15) is 4.79 Å². The fraction of sp³-hybridized carbons (Fsp3) is 0.444. The van der Waals surface area contributed by atoms with Crippen LogP contribution in [0.25, 0.3) is 0 Å². The number of likely N-dealkylation sites (N-methyl/N-ethyl adjacent to an activating group) is 1. The highest BCUT2D eigenvalue weighted by Gasteiger charge is 2.26. The molecule has 1 amide bonds. The Morgan fingerprint density at radius 3 is 2.96 bits per heavy atom. The van der Waals surface area contributed by atoms with Gasteiger partial charge in [-0.15, -0.1) is 0 Å². The lowest BCUT2D eigenvalue weighted by Gasteiger charge is -2.29. The van der Waals surface area contributed by atoms with Crippen LogP contribution in [0.3, 0.4) is 0 Å². The van der Waals surface area contributed by atoms with Gasteiger partial charge in [-0.2, -0.15) is 5.10 Å². The van der Waals surface area contributed by atoms with E-state index < -0.39 is 6.10 Å². The quantitative estimate of drug-likeness (QED) is 0.902. The van der Waals surface area contributed by atoms with Gasteiger partial charge in [0.25, 0.3) is 5.91 Å². The summed E-state index contributed by atoms with van der Waals surface area (Å²) >= 11 is 0. The number of nitrogens with zero attached hydrogens (tertiary/aromatic N) is 3. The molecule has 1 fully saturated rings. The summed E-state index contributed by atoms with van der Waals surface area (Å²) in [5, 5.41) is 7.41. The maximum absolute atomic E-state index is 12.3. The Morgan fingerprint density at radius 1 is 1.42 bits per heavy atom. The van der Waals surface area contributed by atoms with Crippen molar-refractivity contribution in [3.05, 3.63) is 53.9 Å². The minimum Gasteiger partial charge on any atom is -0.366 e. The molecule has 1 aliphatic rings. The molecule has 0 unspecified atom stereocenters. The lowest BCUT2D eigenvalue weighted by atomic mass is 10.1. The fourth-order valence-corrected chi connectivity index (χ4v) is 2.79. The van der Waals surface area contributed by atoms with Gasteiger partial charge < -0.3 is 15.0 Å². The summed E-state index contributed by atoms with van der Waals surface area (Å²) in [5.41, 5.74) is 2.19. The molecule has 0 aliphatic carbocycles. The lowest BCUT2D eigenvalue weighted by Crippen LogP contribution is -2.48. The van der Waals surface area contributed by atoms with Crippen molar-refractivity contribution in [2.75, 3.05) is 26.7 Å². The second-order valence-corrected chi connectivity index (χ2v) is 6.31. The maximum Gasteiger partial charge on any atom is 0.250 e. The second kappa shape index (κ2) is 7.59. The van der Waals surface area contributed by atoms with Crippen molar-refractivity contribution < 1.29 is 9.53 Å². The van der Waals surface area contributed by atoms with Crippen molar-refractivity contribution >= 4 is 5.91 Å². The van der Waals surface area contributed by atoms with Gasteiger partial charge in [-0.25, -0.2) is 0 Å². The number of hydrogen-bond acceptors (Lipinski definition) is 4. The van der Waals surface area contributed by atoms with Crippen LogP contribution in [0.15, 0.2) is 42.7 Å². The molecule has 0 saturated carbocycles. The summed E-state index contributed by atoms with van der Waals surface area (Å²) in [7, 11) is 2.00. The highest BCUT2D eigenvalue weighted by Crippen LogP contribution is 2.13. The van der Waals surface area contributed by atoms with Crippen molar-refractivity contribution in [3.63, 3.8) is 0 Å². The molecule has 24 heavy (non-hydrogen) atoms. The molecule has 1 aromatic heterocycles. The number of benzene rings is 1. The van der Waals surface area contributed by atoms with E-state index in [1.165, 1.54) is 5.56 Å². The number of aromatic nitrogens is 2. The molecule has 0 radical (unpaired) electrons. The van der Waals surface area contributed by atoms with Gasteiger partial charge in [-0.3, -0.25) is 9.48 Å². The van der Waals surface area contributed by atoms with Crippen LogP contribution in [0, 0.1) is 0 Å². The van der Waals surface area contributed by atoms with Gasteiger partial charge in [0.2, 0.25) is 0 Å². The predicted octanol–water partition coefficient (Wildman–Crippen LogP) is 1.44. The third-order valence-electron chi connectivity index (χ3n) is 4.26. The third kappa shape index (κ3) is 4.21. The van der Waals surface area contributed by atoms with Gasteiger partial charge in [-0.05, 0) is 19.5 Å². The zero-order valence-corrected chi connectivity index (χ0v) is 14.2. The highest BCUT2D eigenvalue weighted by molar-refractivity contribution is 5.81. The number of hydrogen-bond donors (Lipinski definition) is 1. The molecule has 2 heterocycles. The predicted molar refractivity (Wildman–Crippen MR) is 91.6 cm³/mol. The Hall–Kier alpha value is -2.18. The van der Waals surface area contributed by atoms with Gasteiger partial charge in [-0.1, -0.05) is 30.3 Å². The number of rotatable bonds is 5. The van der Waals surface area contributed by atoms with Crippen LogP contribution >= 0.6 is 0 Å². The van der Waals surface area contributed by atoms with E-state index in [0.29, 0.717) is 13.2 Å². The number of carbonyl (C=O) groups is 1. The lowest BCUT2D eigenvalue weighted by molar-refractivity contribution is -0.138. The van der Waals surface area contributed by atoms with Crippen LogP contribution in [0.5, 0.6) is 0 Å². The van der Waals surface area contributed by atoms with Crippen molar-refractivity contribution in [2.45, 2.75) is 25.6 Å². The first-order valence-corrected chi connectivity index (χ1v) is 8.28. The van der Waals surface area contributed by atoms with Crippen LogP contribution in [0.1, 0.15) is 24.1 Å². The normalized spacial score (nSPS) is 19.8. The molecule has 2 aromatic rings. The molecule has 6 heteroatoms. The number of nitrogens with one attached hydrogen (secondary N) is 1. The standard InChI is InChI=1S/C18H24N4O2/c1-14(20-18(23)17-13-21(2)8-9-24-17)16-10-19-22(12-16)11-15-6-4-3-5-7-15/h3-7,10,12,14,17H,8-9,11,13H2,1-2H3,(H,20,23)/t14-,17+/m1/s1. The first kappa shape index (κ1) is 16.7. The Kier molecular flexibility index (Phi) is 5.27. The average Bonchev–Trinajstić information content (AvgIpc) is 3.04. The molecular weight excluding hydrogens is 304 g/mol. The van der Waals surface area contributed by atoms with E-state index in [4.69, 9.17) is 4.74 Å². The SMILES string of the molecule is C[C@@H](NC(=O)[C@@H]1CN(C)CCO1)c1cnn(Cc2ccccc2)c1. The summed E-state index contributed by atoms with van der Waals surface area (Å²) in [4.78, 5) is 14.4. The average molecular weight is 328 g/mol. The highest BCUT2D eigenvalue weighted by atomic mass is 16.5. The smallest absolute Gasteiger partial charge is 0.250 e. The van der Waals surface area contributed by atoms with Crippen molar-refractivity contribution in [1.29, 1.82) is 0 Å². The van der Waals surface area contributed by atoms with Crippen molar-refractivity contribution in [2.24, 2.45) is 0 Å². The Morgan fingerprint density at radius 2 is 2.21 bits per heavy atom. The van der Waals surface area contributed by atoms with E-state index in [2.05, 4.69) is 27.4 Å². The summed E-state index contributed by atoms with van der Waals surface area (Å²) < 4.78 is 7.44. The molecule has 1 aromatic carbocycles. The zero-order chi connectivity index (χ0) is 16.9. The fourth-order valence-electron chi connectivity index (χ4n) is 2.79. The first-order valence-electron chi connectivity index (χ1n) is 8.28. The number of morpholine rings is 1. The molecule has 2 atom stereocenters. The minimum atomic E-state index is -0.398. The largest absolute Gasteiger partial charge is 0.366 e. The van der Waals surface area contributed by atoms with Gasteiger partial charge in [0.1, 0.15) is 6.10 Å². The van der Waals surface area contributed by atoms with Crippen molar-refractivity contribution in [3.8, 4) is 0 Å². The first-order chi connectivity index (χ1) is 11.6. The summed E-state index contributed by atoms with van der Waals surface area (Å²) in [6, 6.07) is 10.1. The van der Waals surface area contributed by atoms with E-state index >= 15 is 0 Å². The van der Waals surface area contributed by atoms with Crippen LogP contribution < -0.4 is 5.32 Å². The number of carbonyl (C=O) groups excluding carboxylic acids is 1. The maximum atomic E-state index is 12.3. The van der Waals surface area contributed by atoms with Crippen LogP contribution in [0.2, 0.25) is 0 Å². The van der Waals surface area contributed by atoms with Gasteiger partial charge in [0.15, 0.2) is 0 Å². The van der Waals surface area contributed by atoms with E-state index in [1.54, 1.807) is 0 Å². The van der Waals surface area contributed by atoms with Crippen molar-refractivity contribution in [1.82, 2.24) is 20.0 Å². The van der Waals surface area contributed by atoms with Gasteiger partial charge in [0.05, 0.1) is 25.4 Å².